The first-order valence-electron chi connectivity index (χ1n) is 4.92. The Kier molecular flexibility index (Phi) is 4.74. The van der Waals surface area contributed by atoms with Gasteiger partial charge in [-0.15, -0.1) is 0 Å². The zero-order valence-corrected chi connectivity index (χ0v) is 9.76. The molecule has 0 saturated carbocycles. The monoisotopic (exact) mass is 182 g/mol. The van der Waals surface area contributed by atoms with Gasteiger partial charge in [-0.1, -0.05) is 41.0 Å². The quantitative estimate of drug-likeness (QED) is 0.602. The van der Waals surface area contributed by atoms with Crippen LogP contribution in [-0.2, 0) is 12.5 Å². The van der Waals surface area contributed by atoms with E-state index in [1.807, 2.05) is 17.9 Å². The first kappa shape index (κ1) is 12.2. The fourth-order valence-electron chi connectivity index (χ4n) is 0.815. The standard InChI is InChI=1S/C8H14N2.C3H8/c1-8(2,3)7-5-6-10(4)9-7;1-3-2/h5-6H,1-4H3;3H2,1-2H3. The number of aromatic nitrogens is 2. The number of hydrogen-bond acceptors (Lipinski definition) is 1. The molecule has 0 aliphatic heterocycles. The van der Waals surface area contributed by atoms with Crippen LogP contribution in [0.3, 0.4) is 0 Å². The van der Waals surface area contributed by atoms with Gasteiger partial charge in [0.15, 0.2) is 0 Å². The van der Waals surface area contributed by atoms with E-state index in [-0.39, 0.29) is 5.41 Å². The smallest absolute Gasteiger partial charge is 0.0677 e. The van der Waals surface area contributed by atoms with Crippen LogP contribution in [0.4, 0.5) is 0 Å². The minimum atomic E-state index is 0.182. The van der Waals surface area contributed by atoms with E-state index >= 15 is 0 Å². The van der Waals surface area contributed by atoms with Gasteiger partial charge in [0.05, 0.1) is 5.69 Å². The van der Waals surface area contributed by atoms with Gasteiger partial charge in [-0.25, -0.2) is 0 Å². The third kappa shape index (κ3) is 4.71. The lowest BCUT2D eigenvalue weighted by Gasteiger charge is -2.13. The lowest BCUT2D eigenvalue weighted by Crippen LogP contribution is -2.12. The van der Waals surface area contributed by atoms with Crippen molar-refractivity contribution in [1.82, 2.24) is 9.78 Å². The lowest BCUT2D eigenvalue weighted by atomic mass is 9.93. The van der Waals surface area contributed by atoms with Crippen LogP contribution >= 0.6 is 0 Å². The molecule has 1 aromatic heterocycles. The zero-order valence-electron chi connectivity index (χ0n) is 9.76. The minimum Gasteiger partial charge on any atom is -0.276 e. The first-order valence-corrected chi connectivity index (χ1v) is 4.92. The average molecular weight is 182 g/mol. The van der Waals surface area contributed by atoms with Gasteiger partial charge in [-0.2, -0.15) is 5.10 Å². The van der Waals surface area contributed by atoms with Gasteiger partial charge in [0.2, 0.25) is 0 Å². The molecule has 0 N–H and O–H groups in total. The van der Waals surface area contributed by atoms with Gasteiger partial charge in [0.25, 0.3) is 0 Å². The van der Waals surface area contributed by atoms with Crippen LogP contribution in [-0.4, -0.2) is 9.78 Å². The van der Waals surface area contributed by atoms with Crippen LogP contribution in [0.5, 0.6) is 0 Å². The van der Waals surface area contributed by atoms with Crippen LogP contribution in [0.25, 0.3) is 0 Å². The molecule has 1 heterocycles. The maximum absolute atomic E-state index is 4.30. The van der Waals surface area contributed by atoms with Gasteiger partial charge in [0.1, 0.15) is 0 Å². The van der Waals surface area contributed by atoms with E-state index in [4.69, 9.17) is 0 Å². The summed E-state index contributed by atoms with van der Waals surface area (Å²) in [5.74, 6) is 0. The number of nitrogens with zero attached hydrogens (tertiary/aromatic N) is 2. The minimum absolute atomic E-state index is 0.182. The Labute approximate surface area is 82.0 Å². The van der Waals surface area contributed by atoms with Crippen molar-refractivity contribution in [3.63, 3.8) is 0 Å². The van der Waals surface area contributed by atoms with Crippen molar-refractivity contribution in [3.05, 3.63) is 18.0 Å². The first-order chi connectivity index (χ1) is 5.91. The van der Waals surface area contributed by atoms with Crippen molar-refractivity contribution < 1.29 is 0 Å². The highest BCUT2D eigenvalue weighted by Gasteiger charge is 2.15. The molecule has 1 aromatic rings. The summed E-state index contributed by atoms with van der Waals surface area (Å²) in [6.07, 6.45) is 3.22. The van der Waals surface area contributed by atoms with Crippen LogP contribution in [0.15, 0.2) is 12.3 Å². The normalized spacial score (nSPS) is 10.6. The van der Waals surface area contributed by atoms with Crippen molar-refractivity contribution >= 4 is 0 Å². The Bertz CT molecular complexity index is 230. The Hall–Kier alpha value is -0.790. The number of rotatable bonds is 0. The van der Waals surface area contributed by atoms with E-state index in [1.54, 1.807) is 0 Å². The largest absolute Gasteiger partial charge is 0.276 e. The van der Waals surface area contributed by atoms with Crippen LogP contribution in [0, 0.1) is 0 Å². The van der Waals surface area contributed by atoms with E-state index < -0.39 is 0 Å². The van der Waals surface area contributed by atoms with E-state index in [0.717, 1.165) is 5.69 Å². The third-order valence-corrected chi connectivity index (χ3v) is 1.48. The Balaban J connectivity index is 0.000000424. The highest BCUT2D eigenvalue weighted by molar-refractivity contribution is 5.09. The number of aryl methyl sites for hydroxylation is 1. The summed E-state index contributed by atoms with van der Waals surface area (Å²) in [7, 11) is 1.94. The molecule has 2 nitrogen and oxygen atoms in total. The molecule has 0 aliphatic rings. The van der Waals surface area contributed by atoms with E-state index in [2.05, 4.69) is 45.8 Å². The molecule has 0 bridgehead atoms. The summed E-state index contributed by atoms with van der Waals surface area (Å²) in [5, 5.41) is 4.30. The Morgan fingerprint density at radius 1 is 1.31 bits per heavy atom. The molecule has 13 heavy (non-hydrogen) atoms. The van der Waals surface area contributed by atoms with Gasteiger partial charge >= 0.3 is 0 Å². The zero-order chi connectivity index (χ0) is 10.5. The summed E-state index contributed by atoms with van der Waals surface area (Å²) in [6.45, 7) is 10.7. The maximum Gasteiger partial charge on any atom is 0.0677 e. The summed E-state index contributed by atoms with van der Waals surface area (Å²) in [5.41, 5.74) is 1.33. The van der Waals surface area contributed by atoms with Gasteiger partial charge in [0, 0.05) is 18.7 Å². The second-order valence-electron chi connectivity index (χ2n) is 4.33. The fraction of sp³-hybridized carbons (Fsp3) is 0.727. The van der Waals surface area contributed by atoms with Crippen LogP contribution < -0.4 is 0 Å². The van der Waals surface area contributed by atoms with E-state index in [9.17, 15) is 0 Å². The lowest BCUT2D eigenvalue weighted by molar-refractivity contribution is 0.553. The summed E-state index contributed by atoms with van der Waals surface area (Å²) in [4.78, 5) is 0. The SMILES string of the molecule is CCC.Cn1ccc(C(C)(C)C)n1. The second kappa shape index (κ2) is 5.05. The molecule has 0 amide bonds. The summed E-state index contributed by atoms with van der Waals surface area (Å²) >= 11 is 0. The topological polar surface area (TPSA) is 17.8 Å². The molecule has 0 spiro atoms. The summed E-state index contributed by atoms with van der Waals surface area (Å²) < 4.78 is 1.83. The Morgan fingerprint density at radius 2 is 1.77 bits per heavy atom. The Morgan fingerprint density at radius 3 is 1.92 bits per heavy atom. The molecule has 1 rings (SSSR count). The second-order valence-corrected chi connectivity index (χ2v) is 4.33. The van der Waals surface area contributed by atoms with Crippen molar-refractivity contribution in [1.29, 1.82) is 0 Å². The molecule has 0 atom stereocenters. The van der Waals surface area contributed by atoms with E-state index in [1.165, 1.54) is 6.42 Å². The predicted octanol–water partition coefficient (Wildman–Crippen LogP) is 3.13. The molecule has 0 saturated heterocycles. The molecule has 76 valence electrons. The third-order valence-electron chi connectivity index (χ3n) is 1.48. The molecule has 0 radical (unpaired) electrons. The molecule has 2 heteroatoms. The van der Waals surface area contributed by atoms with Crippen molar-refractivity contribution in [2.45, 2.75) is 46.5 Å². The van der Waals surface area contributed by atoms with Gasteiger partial charge in [-0.3, -0.25) is 4.68 Å². The fourth-order valence-corrected chi connectivity index (χ4v) is 0.815. The average Bonchev–Trinajstić information content (AvgIpc) is 2.35. The van der Waals surface area contributed by atoms with E-state index in [0.29, 0.717) is 0 Å². The van der Waals surface area contributed by atoms with Gasteiger partial charge in [-0.05, 0) is 6.07 Å². The molecule has 0 fully saturated rings. The van der Waals surface area contributed by atoms with Crippen molar-refractivity contribution in [3.8, 4) is 0 Å². The molecule has 0 unspecified atom stereocenters. The molecular formula is C11H22N2. The predicted molar refractivity (Wildman–Crippen MR) is 57.9 cm³/mol. The highest BCUT2D eigenvalue weighted by atomic mass is 15.2. The van der Waals surface area contributed by atoms with Crippen LogP contribution in [0.1, 0.15) is 46.7 Å². The van der Waals surface area contributed by atoms with Crippen molar-refractivity contribution in [2.24, 2.45) is 7.05 Å². The summed E-state index contributed by atoms with van der Waals surface area (Å²) in [6, 6.07) is 2.06. The molecular weight excluding hydrogens is 160 g/mol. The van der Waals surface area contributed by atoms with Gasteiger partial charge < -0.3 is 0 Å². The maximum atomic E-state index is 4.30. The van der Waals surface area contributed by atoms with Crippen molar-refractivity contribution in [2.75, 3.05) is 0 Å². The van der Waals surface area contributed by atoms with Crippen LogP contribution in [0.2, 0.25) is 0 Å². The molecule has 0 aliphatic carbocycles. The highest BCUT2D eigenvalue weighted by Crippen LogP contribution is 2.18. The molecule has 0 aromatic carbocycles. The number of hydrogen-bond donors (Lipinski definition) is 0.